The zero-order valence-corrected chi connectivity index (χ0v) is 10.4. The lowest BCUT2D eigenvalue weighted by molar-refractivity contribution is -0.122. The molecule has 0 spiro atoms. The number of amides is 1. The Balaban J connectivity index is 3.55. The summed E-state index contributed by atoms with van der Waals surface area (Å²) in [6, 6.07) is 0.311. The molecule has 0 bridgehead atoms. The van der Waals surface area contributed by atoms with Crippen LogP contribution in [0.15, 0.2) is 0 Å². The van der Waals surface area contributed by atoms with Gasteiger partial charge in [0.1, 0.15) is 0 Å². The lowest BCUT2D eigenvalue weighted by atomic mass is 10.1. The van der Waals surface area contributed by atoms with Crippen LogP contribution < -0.4 is 11.1 Å². The number of hydrogen-bond donors (Lipinski definition) is 2. The van der Waals surface area contributed by atoms with Crippen molar-refractivity contribution in [3.8, 4) is 0 Å². The standard InChI is InChI=1S/C12H26N2O/c1-4-5-6-11(3)14-12(15)8-7-10(2)9-13/h10-11H,4-9,13H2,1-3H3,(H,14,15). The van der Waals surface area contributed by atoms with Gasteiger partial charge in [-0.1, -0.05) is 26.7 Å². The van der Waals surface area contributed by atoms with E-state index < -0.39 is 0 Å². The molecule has 0 heterocycles. The van der Waals surface area contributed by atoms with Gasteiger partial charge in [-0.05, 0) is 32.2 Å². The Kier molecular flexibility index (Phi) is 8.38. The lowest BCUT2D eigenvalue weighted by Gasteiger charge is -2.14. The molecule has 0 saturated carbocycles. The minimum atomic E-state index is 0.166. The van der Waals surface area contributed by atoms with Crippen LogP contribution >= 0.6 is 0 Å². The van der Waals surface area contributed by atoms with E-state index in [1.807, 2.05) is 0 Å². The molecule has 90 valence electrons. The van der Waals surface area contributed by atoms with E-state index in [2.05, 4.69) is 26.1 Å². The normalized spacial score (nSPS) is 14.7. The fraction of sp³-hybridized carbons (Fsp3) is 0.917. The molecule has 15 heavy (non-hydrogen) atoms. The van der Waals surface area contributed by atoms with Crippen LogP contribution in [-0.2, 0) is 4.79 Å². The van der Waals surface area contributed by atoms with Gasteiger partial charge < -0.3 is 11.1 Å². The number of carbonyl (C=O) groups excluding carboxylic acids is 1. The molecule has 2 atom stereocenters. The topological polar surface area (TPSA) is 55.1 Å². The summed E-state index contributed by atoms with van der Waals surface area (Å²) in [4.78, 5) is 11.5. The maximum Gasteiger partial charge on any atom is 0.220 e. The van der Waals surface area contributed by atoms with Gasteiger partial charge in [-0.25, -0.2) is 0 Å². The molecule has 0 aliphatic rings. The van der Waals surface area contributed by atoms with E-state index in [-0.39, 0.29) is 5.91 Å². The first kappa shape index (κ1) is 14.4. The highest BCUT2D eigenvalue weighted by atomic mass is 16.1. The number of unbranched alkanes of at least 4 members (excludes halogenated alkanes) is 1. The molecule has 3 nitrogen and oxygen atoms in total. The van der Waals surface area contributed by atoms with Crippen molar-refractivity contribution in [1.82, 2.24) is 5.32 Å². The highest BCUT2D eigenvalue weighted by Crippen LogP contribution is 2.04. The zero-order valence-electron chi connectivity index (χ0n) is 10.4. The minimum Gasteiger partial charge on any atom is -0.354 e. The first-order valence-electron chi connectivity index (χ1n) is 6.09. The van der Waals surface area contributed by atoms with Crippen molar-refractivity contribution in [3.63, 3.8) is 0 Å². The van der Waals surface area contributed by atoms with Crippen LogP contribution in [0, 0.1) is 5.92 Å². The van der Waals surface area contributed by atoms with Crippen molar-refractivity contribution in [1.29, 1.82) is 0 Å². The van der Waals surface area contributed by atoms with Crippen molar-refractivity contribution < 1.29 is 4.79 Å². The minimum absolute atomic E-state index is 0.166. The summed E-state index contributed by atoms with van der Waals surface area (Å²) in [6.45, 7) is 6.98. The van der Waals surface area contributed by atoms with E-state index in [1.165, 1.54) is 12.8 Å². The number of nitrogens with one attached hydrogen (secondary N) is 1. The second-order valence-corrected chi connectivity index (χ2v) is 4.49. The third-order valence-corrected chi connectivity index (χ3v) is 2.66. The maximum atomic E-state index is 11.5. The predicted molar refractivity (Wildman–Crippen MR) is 64.6 cm³/mol. The molecular formula is C12H26N2O. The maximum absolute atomic E-state index is 11.5. The summed E-state index contributed by atoms with van der Waals surface area (Å²) >= 11 is 0. The molecule has 0 rings (SSSR count). The number of rotatable bonds is 8. The second-order valence-electron chi connectivity index (χ2n) is 4.49. The summed E-state index contributed by atoms with van der Waals surface area (Å²) in [6.07, 6.45) is 4.94. The Morgan fingerprint density at radius 1 is 1.33 bits per heavy atom. The Labute approximate surface area is 93.8 Å². The Morgan fingerprint density at radius 3 is 2.53 bits per heavy atom. The monoisotopic (exact) mass is 214 g/mol. The number of nitrogens with two attached hydrogens (primary N) is 1. The van der Waals surface area contributed by atoms with Gasteiger partial charge in [0.25, 0.3) is 0 Å². The van der Waals surface area contributed by atoms with Gasteiger partial charge in [0.2, 0.25) is 5.91 Å². The molecule has 3 N–H and O–H groups in total. The highest BCUT2D eigenvalue weighted by molar-refractivity contribution is 5.76. The molecule has 0 aliphatic heterocycles. The summed E-state index contributed by atoms with van der Waals surface area (Å²) < 4.78 is 0. The third kappa shape index (κ3) is 8.43. The van der Waals surface area contributed by atoms with E-state index in [0.717, 1.165) is 12.8 Å². The molecule has 3 heteroatoms. The van der Waals surface area contributed by atoms with Crippen molar-refractivity contribution in [2.45, 2.75) is 58.9 Å². The first-order valence-corrected chi connectivity index (χ1v) is 6.09. The van der Waals surface area contributed by atoms with Crippen molar-refractivity contribution in [2.24, 2.45) is 11.7 Å². The van der Waals surface area contributed by atoms with Gasteiger partial charge in [0.15, 0.2) is 0 Å². The number of carbonyl (C=O) groups is 1. The van der Waals surface area contributed by atoms with E-state index in [4.69, 9.17) is 5.73 Å². The fourth-order valence-corrected chi connectivity index (χ4v) is 1.42. The molecule has 0 aromatic carbocycles. The van der Waals surface area contributed by atoms with Crippen LogP contribution in [0.3, 0.4) is 0 Å². The molecule has 0 fully saturated rings. The molecule has 0 aromatic heterocycles. The molecule has 0 saturated heterocycles. The van der Waals surface area contributed by atoms with Gasteiger partial charge in [-0.15, -0.1) is 0 Å². The van der Waals surface area contributed by atoms with Crippen LogP contribution in [0.2, 0.25) is 0 Å². The second kappa shape index (κ2) is 8.72. The SMILES string of the molecule is CCCCC(C)NC(=O)CCC(C)CN. The molecule has 1 amide bonds. The van der Waals surface area contributed by atoms with Crippen LogP contribution in [0.1, 0.15) is 52.9 Å². The van der Waals surface area contributed by atoms with Crippen molar-refractivity contribution in [2.75, 3.05) is 6.54 Å². The largest absolute Gasteiger partial charge is 0.354 e. The Bertz CT molecular complexity index is 171. The molecule has 0 aliphatic carbocycles. The van der Waals surface area contributed by atoms with Crippen molar-refractivity contribution >= 4 is 5.91 Å². The van der Waals surface area contributed by atoms with Crippen molar-refractivity contribution in [3.05, 3.63) is 0 Å². The summed E-state index contributed by atoms with van der Waals surface area (Å²) in [7, 11) is 0. The predicted octanol–water partition coefficient (Wildman–Crippen LogP) is 2.06. The number of hydrogen-bond acceptors (Lipinski definition) is 2. The summed E-state index contributed by atoms with van der Waals surface area (Å²) in [5.41, 5.74) is 5.49. The van der Waals surface area contributed by atoms with Crippen LogP contribution in [0.5, 0.6) is 0 Å². The summed E-state index contributed by atoms with van der Waals surface area (Å²) in [5, 5.41) is 3.01. The average Bonchev–Trinajstić information content (AvgIpc) is 2.22. The quantitative estimate of drug-likeness (QED) is 0.650. The van der Waals surface area contributed by atoms with E-state index in [9.17, 15) is 4.79 Å². The van der Waals surface area contributed by atoms with Gasteiger partial charge in [-0.3, -0.25) is 4.79 Å². The molecule has 0 radical (unpaired) electrons. The third-order valence-electron chi connectivity index (χ3n) is 2.66. The van der Waals surface area contributed by atoms with E-state index in [1.54, 1.807) is 0 Å². The van der Waals surface area contributed by atoms with Crippen LogP contribution in [0.25, 0.3) is 0 Å². The highest BCUT2D eigenvalue weighted by Gasteiger charge is 2.08. The van der Waals surface area contributed by atoms with Gasteiger partial charge in [-0.2, -0.15) is 0 Å². The first-order chi connectivity index (χ1) is 7.10. The lowest BCUT2D eigenvalue weighted by Crippen LogP contribution is -2.32. The zero-order chi connectivity index (χ0) is 11.7. The average molecular weight is 214 g/mol. The van der Waals surface area contributed by atoms with Gasteiger partial charge in [0, 0.05) is 12.5 Å². The Hall–Kier alpha value is -0.570. The molecule has 0 aromatic rings. The Morgan fingerprint density at radius 2 is 2.00 bits per heavy atom. The van der Waals surface area contributed by atoms with Crippen LogP contribution in [0.4, 0.5) is 0 Å². The molecular weight excluding hydrogens is 188 g/mol. The summed E-state index contributed by atoms with van der Waals surface area (Å²) in [5.74, 6) is 0.612. The smallest absolute Gasteiger partial charge is 0.220 e. The van der Waals surface area contributed by atoms with Gasteiger partial charge in [0.05, 0.1) is 0 Å². The molecule has 2 unspecified atom stereocenters. The van der Waals surface area contributed by atoms with E-state index in [0.29, 0.717) is 24.9 Å². The van der Waals surface area contributed by atoms with Crippen LogP contribution in [-0.4, -0.2) is 18.5 Å². The van der Waals surface area contributed by atoms with Gasteiger partial charge >= 0.3 is 0 Å². The van der Waals surface area contributed by atoms with E-state index >= 15 is 0 Å². The fourth-order valence-electron chi connectivity index (χ4n) is 1.42.